The maximum absolute atomic E-state index is 8.83. The van der Waals surface area contributed by atoms with E-state index in [1.807, 2.05) is 6.92 Å². The molecule has 3 heteroatoms. The normalized spacial score (nSPS) is 14.3. The van der Waals surface area contributed by atoms with Crippen LogP contribution >= 0.6 is 0 Å². The van der Waals surface area contributed by atoms with Gasteiger partial charge in [0.2, 0.25) is 0 Å². The third-order valence-electron chi connectivity index (χ3n) is 3.36. The topological polar surface area (TPSA) is 29.5 Å². The van der Waals surface area contributed by atoms with Gasteiger partial charge >= 0.3 is 0 Å². The van der Waals surface area contributed by atoms with E-state index in [-0.39, 0.29) is 6.61 Å². The van der Waals surface area contributed by atoms with Crippen molar-refractivity contribution in [1.29, 1.82) is 0 Å². The van der Waals surface area contributed by atoms with E-state index in [4.69, 9.17) is 9.53 Å². The first-order valence-corrected chi connectivity index (χ1v) is 9.02. The zero-order chi connectivity index (χ0) is 12.8. The molecule has 0 saturated carbocycles. The summed E-state index contributed by atoms with van der Waals surface area (Å²) in [5, 5.41) is 9.13. The summed E-state index contributed by atoms with van der Waals surface area (Å²) < 4.78 is 6.06. The zero-order valence-electron chi connectivity index (χ0n) is 11.8. The molecular weight excluding hydrogens is 216 g/mol. The lowest BCUT2D eigenvalue weighted by molar-refractivity contribution is 0.283. The van der Waals surface area contributed by atoms with Gasteiger partial charge in [-0.25, -0.2) is 0 Å². The number of aliphatic hydroxyl groups excluding tert-OH is 1. The van der Waals surface area contributed by atoms with E-state index in [1.54, 1.807) is 0 Å². The summed E-state index contributed by atoms with van der Waals surface area (Å²) >= 11 is 0. The smallest absolute Gasteiger partial charge is 0.191 e. The number of rotatable bonds is 6. The van der Waals surface area contributed by atoms with Crippen LogP contribution < -0.4 is 0 Å². The van der Waals surface area contributed by atoms with E-state index in [0.717, 1.165) is 25.0 Å². The van der Waals surface area contributed by atoms with Crippen molar-refractivity contribution in [3.05, 3.63) is 11.6 Å². The lowest BCUT2D eigenvalue weighted by Gasteiger charge is -2.36. The van der Waals surface area contributed by atoms with Crippen LogP contribution in [0, 0.1) is 0 Å². The summed E-state index contributed by atoms with van der Waals surface area (Å²) in [5.74, 6) is 0. The Morgan fingerprint density at radius 1 is 1.31 bits per heavy atom. The number of hydrogen-bond acceptors (Lipinski definition) is 2. The average molecular weight is 244 g/mol. The molecule has 0 amide bonds. The number of hydrogen-bond donors (Lipinski definition) is 1. The number of allylic oxidation sites excluding steroid dienone is 1. The molecule has 0 unspecified atom stereocenters. The van der Waals surface area contributed by atoms with Gasteiger partial charge in [0.05, 0.1) is 6.61 Å². The summed E-state index contributed by atoms with van der Waals surface area (Å²) in [6, 6.07) is 0. The molecule has 2 nitrogen and oxygen atoms in total. The van der Waals surface area contributed by atoms with Crippen molar-refractivity contribution in [2.45, 2.75) is 58.7 Å². The fourth-order valence-corrected chi connectivity index (χ4v) is 2.13. The van der Waals surface area contributed by atoms with Crippen LogP contribution in [0.15, 0.2) is 11.6 Å². The monoisotopic (exact) mass is 244 g/mol. The van der Waals surface area contributed by atoms with Crippen LogP contribution in [-0.4, -0.2) is 26.6 Å². The average Bonchev–Trinajstić information content (AvgIpc) is 2.15. The molecular formula is C13H28O2Si. The summed E-state index contributed by atoms with van der Waals surface area (Å²) in [7, 11) is -1.56. The Morgan fingerprint density at radius 3 is 2.31 bits per heavy atom. The Labute approximate surface area is 102 Å². The lowest BCUT2D eigenvalue weighted by Crippen LogP contribution is -2.40. The van der Waals surface area contributed by atoms with Crippen molar-refractivity contribution in [1.82, 2.24) is 0 Å². The fraction of sp³-hybridized carbons (Fsp3) is 0.846. The molecule has 0 atom stereocenters. The lowest BCUT2D eigenvalue weighted by atomic mass is 10.2. The van der Waals surface area contributed by atoms with Crippen LogP contribution in [0.1, 0.15) is 40.5 Å². The predicted molar refractivity (Wildman–Crippen MR) is 73.2 cm³/mol. The molecule has 0 saturated heterocycles. The molecule has 0 aliphatic heterocycles. The van der Waals surface area contributed by atoms with Crippen LogP contribution in [0.4, 0.5) is 0 Å². The molecule has 0 radical (unpaired) electrons. The van der Waals surface area contributed by atoms with Crippen molar-refractivity contribution < 1.29 is 9.53 Å². The first-order chi connectivity index (χ1) is 7.20. The third kappa shape index (κ3) is 5.82. The zero-order valence-corrected chi connectivity index (χ0v) is 12.8. The van der Waals surface area contributed by atoms with Crippen LogP contribution in [-0.2, 0) is 4.43 Å². The van der Waals surface area contributed by atoms with Gasteiger partial charge in [-0.1, -0.05) is 32.4 Å². The molecule has 0 rings (SSSR count). The van der Waals surface area contributed by atoms with Crippen molar-refractivity contribution in [2.75, 3.05) is 13.2 Å². The molecule has 0 aromatic rings. The van der Waals surface area contributed by atoms with E-state index in [0.29, 0.717) is 5.04 Å². The maximum atomic E-state index is 8.83. The largest absolute Gasteiger partial charge is 0.417 e. The molecule has 0 aliphatic rings. The second-order valence-electron chi connectivity index (χ2n) is 5.96. The van der Waals surface area contributed by atoms with Crippen LogP contribution in [0.5, 0.6) is 0 Å². The van der Waals surface area contributed by atoms with Gasteiger partial charge in [0, 0.05) is 6.61 Å². The first kappa shape index (κ1) is 15.9. The minimum Gasteiger partial charge on any atom is -0.417 e. The summed E-state index contributed by atoms with van der Waals surface area (Å²) in [6.45, 7) is 14.3. The molecule has 0 aromatic carbocycles. The Hall–Kier alpha value is -0.123. The fourth-order valence-electron chi connectivity index (χ4n) is 1.04. The summed E-state index contributed by atoms with van der Waals surface area (Å²) in [4.78, 5) is 0. The van der Waals surface area contributed by atoms with Gasteiger partial charge in [-0.15, -0.1) is 0 Å². The van der Waals surface area contributed by atoms with Crippen LogP contribution in [0.2, 0.25) is 18.1 Å². The van der Waals surface area contributed by atoms with E-state index >= 15 is 0 Å². The second-order valence-corrected chi connectivity index (χ2v) is 10.8. The molecule has 16 heavy (non-hydrogen) atoms. The van der Waals surface area contributed by atoms with E-state index in [9.17, 15) is 0 Å². The van der Waals surface area contributed by atoms with Gasteiger partial charge in [0.15, 0.2) is 8.32 Å². The third-order valence-corrected chi connectivity index (χ3v) is 7.90. The summed E-state index contributed by atoms with van der Waals surface area (Å²) in [5.41, 5.74) is 1.05. The predicted octanol–water partition coefficient (Wildman–Crippen LogP) is 3.73. The Bertz CT molecular complexity index is 227. The summed E-state index contributed by atoms with van der Waals surface area (Å²) in [6.07, 6.45) is 4.14. The van der Waals surface area contributed by atoms with Crippen molar-refractivity contribution in [3.63, 3.8) is 0 Å². The van der Waals surface area contributed by atoms with Gasteiger partial charge in [0.25, 0.3) is 0 Å². The minimum absolute atomic E-state index is 0.170. The Kier molecular flexibility index (Phi) is 6.52. The van der Waals surface area contributed by atoms with Crippen molar-refractivity contribution >= 4 is 8.32 Å². The van der Waals surface area contributed by atoms with Gasteiger partial charge in [-0.2, -0.15) is 0 Å². The molecule has 0 fully saturated rings. The molecule has 1 N–H and O–H groups in total. The van der Waals surface area contributed by atoms with Crippen molar-refractivity contribution in [2.24, 2.45) is 0 Å². The van der Waals surface area contributed by atoms with E-state index in [1.165, 1.54) is 0 Å². The van der Waals surface area contributed by atoms with Gasteiger partial charge < -0.3 is 9.53 Å². The molecule has 0 aliphatic carbocycles. The Morgan fingerprint density at radius 2 is 1.88 bits per heavy atom. The molecule has 0 aromatic heterocycles. The molecule has 0 spiro atoms. The van der Waals surface area contributed by atoms with Gasteiger partial charge in [0.1, 0.15) is 0 Å². The van der Waals surface area contributed by atoms with Crippen LogP contribution in [0.25, 0.3) is 0 Å². The van der Waals surface area contributed by atoms with Crippen molar-refractivity contribution in [3.8, 4) is 0 Å². The second kappa shape index (κ2) is 6.57. The highest BCUT2D eigenvalue weighted by Crippen LogP contribution is 2.36. The minimum atomic E-state index is -1.56. The first-order valence-electron chi connectivity index (χ1n) is 6.11. The van der Waals surface area contributed by atoms with E-state index < -0.39 is 8.32 Å². The standard InChI is InChI=1S/C13H28O2Si/c1-12(11-14)9-7-8-10-15-16(5,6)13(2,3)4/h9,14H,7-8,10-11H2,1-6H3/b12-9+. The quantitative estimate of drug-likeness (QED) is 0.438. The maximum Gasteiger partial charge on any atom is 0.191 e. The highest BCUT2D eigenvalue weighted by Gasteiger charge is 2.36. The van der Waals surface area contributed by atoms with Gasteiger partial charge in [-0.05, 0) is 37.9 Å². The number of aliphatic hydroxyl groups is 1. The molecule has 0 heterocycles. The Balaban J connectivity index is 3.83. The van der Waals surface area contributed by atoms with Crippen LogP contribution in [0.3, 0.4) is 0 Å². The molecule has 96 valence electrons. The van der Waals surface area contributed by atoms with Gasteiger partial charge in [-0.3, -0.25) is 0 Å². The highest BCUT2D eigenvalue weighted by molar-refractivity contribution is 6.74. The molecule has 0 bridgehead atoms. The SMILES string of the molecule is C/C(=C\CCCO[Si](C)(C)C(C)(C)C)CO. The van der Waals surface area contributed by atoms with E-state index in [2.05, 4.69) is 39.9 Å². The number of unbranched alkanes of at least 4 members (excludes halogenated alkanes) is 1. The highest BCUT2D eigenvalue weighted by atomic mass is 28.4.